The number of benzene rings is 7. The van der Waals surface area contributed by atoms with Gasteiger partial charge >= 0.3 is 0 Å². The zero-order chi connectivity index (χ0) is 32.8. The molecule has 1 N–H and O–H groups in total. The standard InChI is InChI=1S/C46H30N4/c1-4-10-33(11-5-1)48-27-25-38-42(48)23-20-36-39-28-31(17-21-41(39)47-44(36)38)32-18-22-43-40(29-32)37-19-16-30-24-26-49(34-12-6-2-7-13-34)45(30)46(37)50(43)35-14-8-3-9-15-35/h1-29,47H. The van der Waals surface area contributed by atoms with E-state index in [1.165, 1.54) is 76.7 Å². The molecule has 4 nitrogen and oxygen atoms in total. The molecule has 0 bridgehead atoms. The molecular formula is C46H30N4. The van der Waals surface area contributed by atoms with Crippen molar-refractivity contribution in [2.24, 2.45) is 0 Å². The quantitative estimate of drug-likeness (QED) is 0.199. The van der Waals surface area contributed by atoms with Crippen molar-refractivity contribution in [1.82, 2.24) is 18.7 Å². The fourth-order valence-corrected chi connectivity index (χ4v) is 8.13. The minimum atomic E-state index is 1.15. The molecule has 0 aliphatic rings. The van der Waals surface area contributed by atoms with Crippen LogP contribution in [0.25, 0.3) is 93.6 Å². The van der Waals surface area contributed by atoms with Crippen LogP contribution in [0.15, 0.2) is 176 Å². The molecule has 0 aliphatic heterocycles. The smallest absolute Gasteiger partial charge is 0.0788 e. The van der Waals surface area contributed by atoms with Crippen LogP contribution >= 0.6 is 0 Å². The zero-order valence-corrected chi connectivity index (χ0v) is 27.1. The lowest BCUT2D eigenvalue weighted by Crippen LogP contribution is -1.97. The summed E-state index contributed by atoms with van der Waals surface area (Å²) >= 11 is 0. The van der Waals surface area contributed by atoms with E-state index in [0.717, 1.165) is 16.9 Å². The second kappa shape index (κ2) is 10.4. The number of rotatable bonds is 4. The van der Waals surface area contributed by atoms with Crippen LogP contribution in [-0.4, -0.2) is 18.7 Å². The first-order chi connectivity index (χ1) is 24.8. The Bertz CT molecular complexity index is 3070. The monoisotopic (exact) mass is 638 g/mol. The highest BCUT2D eigenvalue weighted by Gasteiger charge is 2.19. The van der Waals surface area contributed by atoms with Gasteiger partial charge in [0.25, 0.3) is 0 Å². The molecule has 0 radical (unpaired) electrons. The third-order valence-corrected chi connectivity index (χ3v) is 10.4. The Morgan fingerprint density at radius 1 is 0.380 bits per heavy atom. The molecule has 0 aliphatic carbocycles. The van der Waals surface area contributed by atoms with E-state index in [2.05, 4.69) is 195 Å². The first kappa shape index (κ1) is 27.2. The summed E-state index contributed by atoms with van der Waals surface area (Å²) in [5, 5.41) is 7.41. The maximum Gasteiger partial charge on any atom is 0.0788 e. The maximum absolute atomic E-state index is 3.75. The third-order valence-electron chi connectivity index (χ3n) is 10.4. The van der Waals surface area contributed by atoms with Crippen LogP contribution in [-0.2, 0) is 0 Å². The highest BCUT2D eigenvalue weighted by atomic mass is 15.0. The average molecular weight is 639 g/mol. The Hall–Kier alpha value is -6.78. The molecule has 7 aromatic carbocycles. The largest absolute Gasteiger partial charge is 0.354 e. The Morgan fingerprint density at radius 2 is 1.00 bits per heavy atom. The lowest BCUT2D eigenvalue weighted by molar-refractivity contribution is 1.12. The van der Waals surface area contributed by atoms with Gasteiger partial charge in [-0.15, -0.1) is 0 Å². The van der Waals surface area contributed by atoms with E-state index in [0.29, 0.717) is 0 Å². The Balaban J connectivity index is 1.12. The molecule has 0 amide bonds. The van der Waals surface area contributed by atoms with Gasteiger partial charge in [-0.3, -0.25) is 0 Å². The maximum atomic E-state index is 3.75. The number of fused-ring (bicyclic) bond motifs is 10. The van der Waals surface area contributed by atoms with Gasteiger partial charge in [0.2, 0.25) is 0 Å². The van der Waals surface area contributed by atoms with Gasteiger partial charge in [0.15, 0.2) is 0 Å². The van der Waals surface area contributed by atoms with Crippen LogP contribution in [0, 0.1) is 0 Å². The second-order valence-electron chi connectivity index (χ2n) is 13.2. The van der Waals surface area contributed by atoms with Crippen molar-refractivity contribution in [3.05, 3.63) is 176 Å². The Labute approximate surface area is 287 Å². The van der Waals surface area contributed by atoms with Gasteiger partial charge in [0.1, 0.15) is 0 Å². The zero-order valence-electron chi connectivity index (χ0n) is 27.1. The number of hydrogen-bond acceptors (Lipinski definition) is 0. The van der Waals surface area contributed by atoms with E-state index < -0.39 is 0 Å². The molecule has 0 saturated carbocycles. The highest BCUT2D eigenvalue weighted by molar-refractivity contribution is 6.20. The molecule has 50 heavy (non-hydrogen) atoms. The van der Waals surface area contributed by atoms with Gasteiger partial charge in [-0.05, 0) is 90.0 Å². The fraction of sp³-hybridized carbons (Fsp3) is 0. The molecule has 4 heterocycles. The summed E-state index contributed by atoms with van der Waals surface area (Å²) in [6, 6.07) is 59.3. The van der Waals surface area contributed by atoms with E-state index in [-0.39, 0.29) is 0 Å². The summed E-state index contributed by atoms with van der Waals surface area (Å²) in [6.45, 7) is 0. The Kier molecular flexibility index (Phi) is 5.63. The van der Waals surface area contributed by atoms with Gasteiger partial charge < -0.3 is 18.7 Å². The van der Waals surface area contributed by atoms with Gasteiger partial charge in [0.05, 0.1) is 27.6 Å². The third kappa shape index (κ3) is 3.87. The van der Waals surface area contributed by atoms with Crippen molar-refractivity contribution in [3.8, 4) is 28.2 Å². The molecule has 0 saturated heterocycles. The van der Waals surface area contributed by atoms with Gasteiger partial charge in [-0.2, -0.15) is 0 Å². The second-order valence-corrected chi connectivity index (χ2v) is 13.2. The van der Waals surface area contributed by atoms with Crippen LogP contribution in [0.5, 0.6) is 0 Å². The summed E-state index contributed by atoms with van der Waals surface area (Å²) in [4.78, 5) is 3.75. The van der Waals surface area contributed by atoms with E-state index in [9.17, 15) is 0 Å². The van der Waals surface area contributed by atoms with E-state index in [1.54, 1.807) is 0 Å². The molecule has 0 atom stereocenters. The van der Waals surface area contributed by atoms with Crippen molar-refractivity contribution in [1.29, 1.82) is 0 Å². The van der Waals surface area contributed by atoms with Gasteiger partial charge in [-0.25, -0.2) is 0 Å². The van der Waals surface area contributed by atoms with Crippen molar-refractivity contribution in [2.45, 2.75) is 0 Å². The summed E-state index contributed by atoms with van der Waals surface area (Å²) in [5.41, 5.74) is 13.0. The molecule has 0 fully saturated rings. The number of aromatic nitrogens is 4. The first-order valence-electron chi connectivity index (χ1n) is 17.1. The predicted molar refractivity (Wildman–Crippen MR) is 209 cm³/mol. The number of aromatic amines is 1. The number of H-pyrrole nitrogens is 1. The lowest BCUT2D eigenvalue weighted by Gasteiger charge is -2.11. The molecule has 4 heteroatoms. The van der Waals surface area contributed by atoms with Crippen molar-refractivity contribution < 1.29 is 0 Å². The summed E-state index contributed by atoms with van der Waals surface area (Å²) in [7, 11) is 0. The number of nitrogens with one attached hydrogen (secondary N) is 1. The SMILES string of the molecule is c1ccc(-n2ccc3c4[nH]c5ccc(-c6ccc7c(c6)c6ccc8ccn(-c9ccccc9)c8c6n7-c6ccccc6)cc5c4ccc32)cc1. The summed E-state index contributed by atoms with van der Waals surface area (Å²) in [6.07, 6.45) is 4.36. The van der Waals surface area contributed by atoms with Crippen LogP contribution in [0.4, 0.5) is 0 Å². The van der Waals surface area contributed by atoms with Crippen molar-refractivity contribution in [2.75, 3.05) is 0 Å². The van der Waals surface area contributed by atoms with E-state index in [4.69, 9.17) is 0 Å². The van der Waals surface area contributed by atoms with Crippen LogP contribution in [0.1, 0.15) is 0 Å². The molecule has 11 rings (SSSR count). The summed E-state index contributed by atoms with van der Waals surface area (Å²) in [5.74, 6) is 0. The Morgan fingerprint density at radius 3 is 1.76 bits per heavy atom. The van der Waals surface area contributed by atoms with Gasteiger partial charge in [0, 0.05) is 67.3 Å². The van der Waals surface area contributed by atoms with Crippen LogP contribution in [0.3, 0.4) is 0 Å². The predicted octanol–water partition coefficient (Wildman–Crippen LogP) is 12.0. The lowest BCUT2D eigenvalue weighted by atomic mass is 10.00. The normalized spacial score (nSPS) is 12.0. The highest BCUT2D eigenvalue weighted by Crippen LogP contribution is 2.41. The summed E-state index contributed by atoms with van der Waals surface area (Å²) < 4.78 is 7.02. The number of nitrogens with zero attached hydrogens (tertiary/aromatic N) is 3. The molecule has 234 valence electrons. The molecule has 0 unspecified atom stereocenters. The van der Waals surface area contributed by atoms with Gasteiger partial charge in [-0.1, -0.05) is 84.9 Å². The van der Waals surface area contributed by atoms with Crippen molar-refractivity contribution in [3.63, 3.8) is 0 Å². The first-order valence-corrected chi connectivity index (χ1v) is 17.1. The van der Waals surface area contributed by atoms with E-state index in [1.807, 2.05) is 0 Å². The average Bonchev–Trinajstić information content (AvgIpc) is 3.96. The molecule has 0 spiro atoms. The minimum absolute atomic E-state index is 1.15. The molecular weight excluding hydrogens is 609 g/mol. The number of para-hydroxylation sites is 3. The molecule has 4 aromatic heterocycles. The van der Waals surface area contributed by atoms with E-state index >= 15 is 0 Å². The minimum Gasteiger partial charge on any atom is -0.354 e. The van der Waals surface area contributed by atoms with Crippen LogP contribution < -0.4 is 0 Å². The molecule has 11 aromatic rings. The van der Waals surface area contributed by atoms with Crippen LogP contribution in [0.2, 0.25) is 0 Å². The number of hydrogen-bond donors (Lipinski definition) is 1. The van der Waals surface area contributed by atoms with Crippen molar-refractivity contribution >= 4 is 65.4 Å². The topological polar surface area (TPSA) is 30.6 Å². The fourth-order valence-electron chi connectivity index (χ4n) is 8.13.